The molecule has 0 spiro atoms. The molecule has 0 fully saturated rings. The van der Waals surface area contributed by atoms with Gasteiger partial charge in [0.05, 0.1) is 13.0 Å². The van der Waals surface area contributed by atoms with Crippen LogP contribution in [-0.2, 0) is 22.5 Å². The number of rotatable bonds is 5. The van der Waals surface area contributed by atoms with Crippen molar-refractivity contribution < 1.29 is 9.53 Å². The molecule has 23 heavy (non-hydrogen) atoms. The number of hydrogen-bond donors (Lipinski definition) is 1. The number of carbonyl (C=O) groups is 1. The van der Waals surface area contributed by atoms with Gasteiger partial charge in [-0.15, -0.1) is 0 Å². The molecule has 4 nitrogen and oxygen atoms in total. The third-order valence-electron chi connectivity index (χ3n) is 3.91. The van der Waals surface area contributed by atoms with E-state index in [9.17, 15) is 4.79 Å². The molecule has 118 valence electrons. The second kappa shape index (κ2) is 6.57. The maximum atomic E-state index is 11.8. The molecule has 0 radical (unpaired) electrons. The standard InChI is InChI=1S/C19H20N2O2/c1-2-23-19(22)11-15-13-21(18-10-6-4-8-16(15)18)12-14-7-3-5-9-17(14)20/h3-10,13H,2,11-12,20H2,1H3. The van der Waals surface area contributed by atoms with E-state index in [4.69, 9.17) is 10.5 Å². The summed E-state index contributed by atoms with van der Waals surface area (Å²) in [4.78, 5) is 11.8. The molecule has 0 atom stereocenters. The Morgan fingerprint density at radius 2 is 1.83 bits per heavy atom. The zero-order chi connectivity index (χ0) is 16.2. The van der Waals surface area contributed by atoms with E-state index >= 15 is 0 Å². The summed E-state index contributed by atoms with van der Waals surface area (Å²) in [6.07, 6.45) is 2.31. The van der Waals surface area contributed by atoms with E-state index in [1.165, 1.54) is 0 Å². The third-order valence-corrected chi connectivity index (χ3v) is 3.91. The zero-order valence-electron chi connectivity index (χ0n) is 13.2. The Hall–Kier alpha value is -2.75. The van der Waals surface area contributed by atoms with Crippen molar-refractivity contribution in [3.63, 3.8) is 0 Å². The van der Waals surface area contributed by atoms with Crippen LogP contribution in [0, 0.1) is 0 Å². The Bertz CT molecular complexity index is 836. The lowest BCUT2D eigenvalue weighted by Gasteiger charge is -2.08. The quantitative estimate of drug-likeness (QED) is 0.580. The third kappa shape index (κ3) is 3.21. The van der Waals surface area contributed by atoms with Crippen molar-refractivity contribution >= 4 is 22.6 Å². The van der Waals surface area contributed by atoms with Gasteiger partial charge in [0.25, 0.3) is 0 Å². The van der Waals surface area contributed by atoms with Gasteiger partial charge >= 0.3 is 5.97 Å². The van der Waals surface area contributed by atoms with E-state index in [1.54, 1.807) is 0 Å². The Balaban J connectivity index is 1.98. The van der Waals surface area contributed by atoms with Crippen LogP contribution >= 0.6 is 0 Å². The largest absolute Gasteiger partial charge is 0.466 e. The summed E-state index contributed by atoms with van der Waals surface area (Å²) >= 11 is 0. The van der Waals surface area contributed by atoms with Gasteiger partial charge in [-0.25, -0.2) is 0 Å². The van der Waals surface area contributed by atoms with Crippen LogP contribution in [0.2, 0.25) is 0 Å². The summed E-state index contributed by atoms with van der Waals surface area (Å²) in [6, 6.07) is 15.9. The van der Waals surface area contributed by atoms with Crippen LogP contribution in [0.4, 0.5) is 5.69 Å². The fourth-order valence-corrected chi connectivity index (χ4v) is 2.82. The number of esters is 1. The molecule has 0 aliphatic heterocycles. The highest BCUT2D eigenvalue weighted by Gasteiger charge is 2.13. The van der Waals surface area contributed by atoms with Crippen LogP contribution < -0.4 is 5.73 Å². The SMILES string of the molecule is CCOC(=O)Cc1cn(Cc2ccccc2N)c2ccccc12. The van der Waals surface area contributed by atoms with Crippen molar-refractivity contribution in [1.82, 2.24) is 4.57 Å². The molecule has 2 N–H and O–H groups in total. The number of benzene rings is 2. The summed E-state index contributed by atoms with van der Waals surface area (Å²) < 4.78 is 7.21. The summed E-state index contributed by atoms with van der Waals surface area (Å²) in [5.74, 6) is -0.199. The molecule has 0 amide bonds. The highest BCUT2D eigenvalue weighted by molar-refractivity contribution is 5.88. The molecule has 1 aromatic heterocycles. The first-order valence-electron chi connectivity index (χ1n) is 7.74. The molecule has 0 bridgehead atoms. The fourth-order valence-electron chi connectivity index (χ4n) is 2.82. The van der Waals surface area contributed by atoms with Gasteiger partial charge in [-0.3, -0.25) is 4.79 Å². The predicted octanol–water partition coefficient (Wildman–Crippen LogP) is 3.38. The van der Waals surface area contributed by atoms with Gasteiger partial charge < -0.3 is 15.0 Å². The molecule has 0 saturated carbocycles. The highest BCUT2D eigenvalue weighted by Crippen LogP contribution is 2.24. The Kier molecular flexibility index (Phi) is 4.33. The molecule has 0 aliphatic rings. The second-order valence-corrected chi connectivity index (χ2v) is 5.48. The van der Waals surface area contributed by atoms with E-state index < -0.39 is 0 Å². The van der Waals surface area contributed by atoms with Gasteiger partial charge in [0.1, 0.15) is 0 Å². The first kappa shape index (κ1) is 15.2. The first-order chi connectivity index (χ1) is 11.2. The second-order valence-electron chi connectivity index (χ2n) is 5.48. The average molecular weight is 308 g/mol. The maximum absolute atomic E-state index is 11.8. The van der Waals surface area contributed by atoms with Crippen molar-refractivity contribution in [2.24, 2.45) is 0 Å². The lowest BCUT2D eigenvalue weighted by Crippen LogP contribution is -2.07. The molecule has 3 rings (SSSR count). The molecular weight excluding hydrogens is 288 g/mol. The number of anilines is 1. The lowest BCUT2D eigenvalue weighted by atomic mass is 10.1. The molecular formula is C19H20N2O2. The first-order valence-corrected chi connectivity index (χ1v) is 7.74. The molecule has 1 heterocycles. The average Bonchev–Trinajstić information content (AvgIpc) is 2.88. The van der Waals surface area contributed by atoms with Crippen LogP contribution in [-0.4, -0.2) is 17.1 Å². The van der Waals surface area contributed by atoms with Crippen LogP contribution in [0.15, 0.2) is 54.7 Å². The molecule has 0 saturated heterocycles. The highest BCUT2D eigenvalue weighted by atomic mass is 16.5. The van der Waals surface area contributed by atoms with Crippen LogP contribution in [0.5, 0.6) is 0 Å². The van der Waals surface area contributed by atoms with Crippen molar-refractivity contribution in [3.05, 3.63) is 65.9 Å². The minimum Gasteiger partial charge on any atom is -0.466 e. The van der Waals surface area contributed by atoms with E-state index in [0.29, 0.717) is 13.2 Å². The summed E-state index contributed by atoms with van der Waals surface area (Å²) in [7, 11) is 0. The van der Waals surface area contributed by atoms with Gasteiger partial charge in [-0.2, -0.15) is 0 Å². The number of para-hydroxylation sites is 2. The monoisotopic (exact) mass is 308 g/mol. The summed E-state index contributed by atoms with van der Waals surface area (Å²) in [5, 5.41) is 1.08. The summed E-state index contributed by atoms with van der Waals surface area (Å²) in [5.41, 5.74) is 9.97. The number of fused-ring (bicyclic) bond motifs is 1. The van der Waals surface area contributed by atoms with Gasteiger partial charge in [-0.1, -0.05) is 36.4 Å². The summed E-state index contributed by atoms with van der Waals surface area (Å²) in [6.45, 7) is 2.90. The van der Waals surface area contributed by atoms with E-state index in [1.807, 2.05) is 55.6 Å². The van der Waals surface area contributed by atoms with E-state index in [2.05, 4.69) is 10.6 Å². The number of aromatic nitrogens is 1. The van der Waals surface area contributed by atoms with Crippen molar-refractivity contribution in [1.29, 1.82) is 0 Å². The minimum absolute atomic E-state index is 0.199. The van der Waals surface area contributed by atoms with Gasteiger partial charge in [0.2, 0.25) is 0 Å². The Labute approximate surface area is 135 Å². The number of carbonyl (C=O) groups excluding carboxylic acids is 1. The molecule has 4 heteroatoms. The fraction of sp³-hybridized carbons (Fsp3) is 0.211. The molecule has 0 aliphatic carbocycles. The predicted molar refractivity (Wildman–Crippen MR) is 92.2 cm³/mol. The topological polar surface area (TPSA) is 57.2 Å². The number of nitrogens with two attached hydrogens (primary N) is 1. The van der Waals surface area contributed by atoms with Gasteiger partial charge in [0.15, 0.2) is 0 Å². The number of nitrogen functional groups attached to an aromatic ring is 1. The minimum atomic E-state index is -0.199. The van der Waals surface area contributed by atoms with Crippen LogP contribution in [0.3, 0.4) is 0 Å². The van der Waals surface area contributed by atoms with Crippen molar-refractivity contribution in [3.8, 4) is 0 Å². The van der Waals surface area contributed by atoms with E-state index in [0.717, 1.165) is 27.7 Å². The lowest BCUT2D eigenvalue weighted by molar-refractivity contribution is -0.142. The Morgan fingerprint density at radius 1 is 1.09 bits per heavy atom. The smallest absolute Gasteiger partial charge is 0.310 e. The van der Waals surface area contributed by atoms with Crippen LogP contribution in [0.25, 0.3) is 10.9 Å². The number of ether oxygens (including phenoxy) is 1. The van der Waals surface area contributed by atoms with Gasteiger partial charge in [0, 0.05) is 29.3 Å². The molecule has 2 aromatic carbocycles. The van der Waals surface area contributed by atoms with Crippen molar-refractivity contribution in [2.45, 2.75) is 19.9 Å². The molecule has 3 aromatic rings. The number of hydrogen-bond acceptors (Lipinski definition) is 3. The van der Waals surface area contributed by atoms with E-state index in [-0.39, 0.29) is 12.4 Å². The van der Waals surface area contributed by atoms with Gasteiger partial charge in [-0.05, 0) is 30.2 Å². The number of nitrogens with zero attached hydrogens (tertiary/aromatic N) is 1. The van der Waals surface area contributed by atoms with Crippen LogP contribution in [0.1, 0.15) is 18.1 Å². The maximum Gasteiger partial charge on any atom is 0.310 e. The normalized spacial score (nSPS) is 10.8. The molecule has 0 unspecified atom stereocenters. The van der Waals surface area contributed by atoms with Crippen molar-refractivity contribution in [2.75, 3.05) is 12.3 Å². The Morgan fingerprint density at radius 3 is 2.61 bits per heavy atom. The zero-order valence-corrected chi connectivity index (χ0v) is 13.2.